The number of nitriles is 1. The van der Waals surface area contributed by atoms with Gasteiger partial charge in [-0.3, -0.25) is 14.4 Å². The van der Waals surface area contributed by atoms with Crippen molar-refractivity contribution in [3.8, 4) is 6.07 Å². The number of fused-ring (bicyclic) bond motifs is 1. The van der Waals surface area contributed by atoms with E-state index in [4.69, 9.17) is 23.2 Å². The molecule has 2 saturated carbocycles. The molecule has 2 fully saturated rings. The van der Waals surface area contributed by atoms with Crippen LogP contribution in [0.1, 0.15) is 68.3 Å². The fraction of sp³-hybridized carbons (Fsp3) is 0.520. The summed E-state index contributed by atoms with van der Waals surface area (Å²) in [5, 5.41) is 14.0. The van der Waals surface area contributed by atoms with Crippen LogP contribution < -0.4 is 5.32 Å². The smallest absolute Gasteiger partial charge is 0.224 e. The highest BCUT2D eigenvalue weighted by atomic mass is 35.5. The summed E-state index contributed by atoms with van der Waals surface area (Å²) in [6, 6.07) is 6.43. The molecule has 0 radical (unpaired) electrons. The van der Waals surface area contributed by atoms with Gasteiger partial charge in [-0.1, -0.05) is 42.5 Å². The molecule has 3 unspecified atom stereocenters. The summed E-state index contributed by atoms with van der Waals surface area (Å²) < 4.78 is 0. The zero-order valence-electron chi connectivity index (χ0n) is 18.3. The van der Waals surface area contributed by atoms with Crippen LogP contribution in [0.15, 0.2) is 18.2 Å². The molecule has 2 N–H and O–H groups in total. The van der Waals surface area contributed by atoms with Crippen LogP contribution in [-0.2, 0) is 9.59 Å². The van der Waals surface area contributed by atoms with Crippen molar-refractivity contribution in [2.75, 3.05) is 0 Å². The standard InChI is InChI=1S/C25H27Cl2N3O3/c26-17-10-20(27)19-12-22(30-21(19)11-17)24(32)9-16(7-14-5-6-14)25(33)29-18(13-28)8-15-3-1-2-4-23(15)31/h10-12,14-16,18,30H,1-9H2,(H,29,33). The summed E-state index contributed by atoms with van der Waals surface area (Å²) in [5.74, 6) is -0.552. The van der Waals surface area contributed by atoms with Gasteiger partial charge in [-0.25, -0.2) is 0 Å². The zero-order valence-corrected chi connectivity index (χ0v) is 19.8. The van der Waals surface area contributed by atoms with Crippen LogP contribution in [0.4, 0.5) is 0 Å². The molecule has 1 aromatic carbocycles. The van der Waals surface area contributed by atoms with E-state index >= 15 is 0 Å². The summed E-state index contributed by atoms with van der Waals surface area (Å²) in [5.41, 5.74) is 1.05. The number of halogens is 2. The molecule has 4 rings (SSSR count). The first-order chi connectivity index (χ1) is 15.8. The lowest BCUT2D eigenvalue weighted by molar-refractivity contribution is -0.127. The van der Waals surface area contributed by atoms with Gasteiger partial charge in [-0.15, -0.1) is 0 Å². The van der Waals surface area contributed by atoms with Crippen LogP contribution in [0.3, 0.4) is 0 Å². The molecule has 1 amide bonds. The van der Waals surface area contributed by atoms with Gasteiger partial charge in [0.1, 0.15) is 11.8 Å². The van der Waals surface area contributed by atoms with E-state index in [9.17, 15) is 19.6 Å². The Bertz CT molecular complexity index is 1120. The summed E-state index contributed by atoms with van der Waals surface area (Å²) in [4.78, 5) is 41.3. The molecule has 6 nitrogen and oxygen atoms in total. The quantitative estimate of drug-likeness (QED) is 0.447. The molecule has 1 heterocycles. The minimum atomic E-state index is -0.727. The first-order valence-corrected chi connectivity index (χ1v) is 12.3. The number of carbonyl (C=O) groups is 3. The SMILES string of the molecule is N#CC(CC1CCCCC1=O)NC(=O)C(CC(=O)c1cc2c(Cl)cc(Cl)cc2[nH]1)CC1CC1. The van der Waals surface area contributed by atoms with Crippen molar-refractivity contribution < 1.29 is 14.4 Å². The number of aromatic amines is 1. The van der Waals surface area contributed by atoms with Crippen molar-refractivity contribution in [3.05, 3.63) is 33.9 Å². The van der Waals surface area contributed by atoms with Crippen LogP contribution >= 0.6 is 23.2 Å². The predicted molar refractivity (Wildman–Crippen MR) is 127 cm³/mol. The highest BCUT2D eigenvalue weighted by Gasteiger charge is 2.33. The Morgan fingerprint density at radius 1 is 1.15 bits per heavy atom. The summed E-state index contributed by atoms with van der Waals surface area (Å²) in [6.07, 6.45) is 6.29. The van der Waals surface area contributed by atoms with Gasteiger partial charge < -0.3 is 10.3 Å². The molecule has 174 valence electrons. The van der Waals surface area contributed by atoms with Crippen molar-refractivity contribution in [3.63, 3.8) is 0 Å². The van der Waals surface area contributed by atoms with E-state index in [1.807, 2.05) is 0 Å². The third-order valence-electron chi connectivity index (χ3n) is 6.74. The average molecular weight is 488 g/mol. The van der Waals surface area contributed by atoms with Crippen LogP contribution in [0.5, 0.6) is 0 Å². The Morgan fingerprint density at radius 2 is 1.94 bits per heavy atom. The van der Waals surface area contributed by atoms with Crippen molar-refractivity contribution in [2.24, 2.45) is 17.8 Å². The Balaban J connectivity index is 1.44. The third kappa shape index (κ3) is 5.96. The molecular weight excluding hydrogens is 461 g/mol. The number of amides is 1. The van der Waals surface area contributed by atoms with Crippen LogP contribution in [-0.4, -0.2) is 28.5 Å². The molecule has 8 heteroatoms. The third-order valence-corrected chi connectivity index (χ3v) is 7.27. The van der Waals surface area contributed by atoms with Gasteiger partial charge in [0, 0.05) is 40.6 Å². The van der Waals surface area contributed by atoms with E-state index in [1.54, 1.807) is 18.2 Å². The first-order valence-electron chi connectivity index (χ1n) is 11.6. The number of nitrogens with zero attached hydrogens (tertiary/aromatic N) is 1. The van der Waals surface area contributed by atoms with E-state index in [2.05, 4.69) is 16.4 Å². The molecule has 2 aliphatic carbocycles. The molecule has 2 aliphatic rings. The molecule has 0 bridgehead atoms. The van der Waals surface area contributed by atoms with Crippen molar-refractivity contribution in [2.45, 2.75) is 63.8 Å². The lowest BCUT2D eigenvalue weighted by Crippen LogP contribution is -2.41. The minimum Gasteiger partial charge on any atom is -0.352 e. The Hall–Kier alpha value is -2.36. The second-order valence-corrected chi connectivity index (χ2v) is 10.2. The van der Waals surface area contributed by atoms with Gasteiger partial charge in [0.15, 0.2) is 5.78 Å². The van der Waals surface area contributed by atoms with Gasteiger partial charge in [-0.2, -0.15) is 5.26 Å². The van der Waals surface area contributed by atoms with Crippen LogP contribution in [0.2, 0.25) is 10.0 Å². The van der Waals surface area contributed by atoms with Gasteiger partial charge in [0.25, 0.3) is 0 Å². The molecule has 1 aromatic heterocycles. The van der Waals surface area contributed by atoms with Crippen molar-refractivity contribution >= 4 is 51.6 Å². The monoisotopic (exact) mass is 487 g/mol. The number of rotatable bonds is 9. The summed E-state index contributed by atoms with van der Waals surface area (Å²) in [6.45, 7) is 0. The Morgan fingerprint density at radius 3 is 2.64 bits per heavy atom. The molecule has 33 heavy (non-hydrogen) atoms. The topological polar surface area (TPSA) is 103 Å². The number of ketones is 2. The molecular formula is C25H27Cl2N3O3. The fourth-order valence-corrected chi connectivity index (χ4v) is 5.25. The zero-order chi connectivity index (χ0) is 23.5. The number of Topliss-reactive ketones (excluding diaryl/α,β-unsaturated/α-hetero) is 2. The number of benzene rings is 1. The molecule has 3 atom stereocenters. The number of hydrogen-bond donors (Lipinski definition) is 2. The number of nitrogens with one attached hydrogen (secondary N) is 2. The lowest BCUT2D eigenvalue weighted by Gasteiger charge is -2.24. The molecule has 0 saturated heterocycles. The maximum Gasteiger partial charge on any atom is 0.224 e. The van der Waals surface area contributed by atoms with Gasteiger partial charge in [-0.05, 0) is 49.8 Å². The number of H-pyrrole nitrogens is 1. The number of hydrogen-bond acceptors (Lipinski definition) is 4. The van der Waals surface area contributed by atoms with E-state index in [0.29, 0.717) is 51.8 Å². The second-order valence-electron chi connectivity index (χ2n) is 9.37. The maximum atomic E-state index is 13.1. The molecule has 0 spiro atoms. The van der Waals surface area contributed by atoms with Gasteiger partial charge in [0.05, 0.1) is 16.8 Å². The highest BCUT2D eigenvalue weighted by molar-refractivity contribution is 6.38. The average Bonchev–Trinajstić information content (AvgIpc) is 3.49. The van der Waals surface area contributed by atoms with E-state index in [-0.39, 0.29) is 29.8 Å². The number of carbonyl (C=O) groups excluding carboxylic acids is 3. The first kappa shape index (κ1) is 23.8. The normalized spacial score (nSPS) is 20.3. The summed E-state index contributed by atoms with van der Waals surface area (Å²) in [7, 11) is 0. The van der Waals surface area contributed by atoms with E-state index in [0.717, 1.165) is 32.1 Å². The van der Waals surface area contributed by atoms with Crippen molar-refractivity contribution in [1.29, 1.82) is 5.26 Å². The van der Waals surface area contributed by atoms with E-state index < -0.39 is 12.0 Å². The van der Waals surface area contributed by atoms with Gasteiger partial charge in [0.2, 0.25) is 5.91 Å². The maximum absolute atomic E-state index is 13.1. The summed E-state index contributed by atoms with van der Waals surface area (Å²) >= 11 is 12.3. The lowest BCUT2D eigenvalue weighted by atomic mass is 9.83. The fourth-order valence-electron chi connectivity index (χ4n) is 4.71. The van der Waals surface area contributed by atoms with Crippen LogP contribution in [0, 0.1) is 29.1 Å². The second kappa shape index (κ2) is 10.3. The highest BCUT2D eigenvalue weighted by Crippen LogP contribution is 2.37. The largest absolute Gasteiger partial charge is 0.352 e. The van der Waals surface area contributed by atoms with Crippen LogP contribution in [0.25, 0.3) is 10.9 Å². The molecule has 2 aromatic rings. The molecule has 0 aliphatic heterocycles. The van der Waals surface area contributed by atoms with Gasteiger partial charge >= 0.3 is 0 Å². The minimum absolute atomic E-state index is 0.0427. The van der Waals surface area contributed by atoms with Crippen molar-refractivity contribution in [1.82, 2.24) is 10.3 Å². The Labute approximate surface area is 203 Å². The number of aromatic nitrogens is 1. The van der Waals surface area contributed by atoms with E-state index in [1.165, 1.54) is 0 Å². The predicted octanol–water partition coefficient (Wildman–Crippen LogP) is 5.62. The Kier molecular flexibility index (Phi) is 7.41.